The molecule has 0 nitrogen and oxygen atoms in total. The first-order chi connectivity index (χ1) is 53.7. The predicted molar refractivity (Wildman–Crippen MR) is 523 cm³/mol. The second-order valence-corrected chi connectivity index (χ2v) is 24.0. The van der Waals surface area contributed by atoms with Crippen LogP contribution < -0.4 is 0 Å². The van der Waals surface area contributed by atoms with Gasteiger partial charge in [-0.25, -0.2) is 0 Å². The smallest absolute Gasteiger partial charge is 0.0143 e. The Morgan fingerprint density at radius 3 is 0.793 bits per heavy atom. The molecule has 0 N–H and O–H groups in total. The van der Waals surface area contributed by atoms with Crippen LogP contribution in [0.3, 0.4) is 0 Å². The van der Waals surface area contributed by atoms with Gasteiger partial charge in [0.15, 0.2) is 0 Å². The van der Waals surface area contributed by atoms with Crippen LogP contribution in [-0.4, -0.2) is 0 Å². The highest BCUT2D eigenvalue weighted by Crippen LogP contribution is 2.37. The molecule has 0 atom stereocenters. The van der Waals surface area contributed by atoms with Gasteiger partial charge >= 0.3 is 0 Å². The topological polar surface area (TPSA) is 0 Å². The van der Waals surface area contributed by atoms with Crippen LogP contribution in [0, 0.1) is 0 Å². The Morgan fingerprint density at radius 2 is 0.423 bits per heavy atom. The highest BCUT2D eigenvalue weighted by Gasteiger charge is 2.15. The third-order valence-corrected chi connectivity index (χ3v) is 15.6. The summed E-state index contributed by atoms with van der Waals surface area (Å²) in [6, 6.07) is 107. The van der Waals surface area contributed by atoms with Crippen LogP contribution in [0.5, 0.6) is 0 Å². The van der Waals surface area contributed by atoms with E-state index in [-0.39, 0.29) is 7.43 Å². The first-order valence-corrected chi connectivity index (χ1v) is 43.2. The number of benzene rings is 12. The van der Waals surface area contributed by atoms with Crippen molar-refractivity contribution in [1.29, 1.82) is 0 Å². The zero-order valence-corrected chi connectivity index (χ0v) is 77.3. The van der Waals surface area contributed by atoms with E-state index < -0.39 is 0 Å². The summed E-state index contributed by atoms with van der Waals surface area (Å²) >= 11 is 0. The van der Waals surface area contributed by atoms with Gasteiger partial charge in [-0.3, -0.25) is 0 Å². The molecule has 0 spiro atoms. The minimum absolute atomic E-state index is 0. The van der Waals surface area contributed by atoms with E-state index in [0.717, 1.165) is 0 Å². The summed E-state index contributed by atoms with van der Waals surface area (Å²) < 4.78 is 0. The molecule has 0 amide bonds. The Labute approximate surface area is 690 Å². The molecule has 612 valence electrons. The zero-order chi connectivity index (χ0) is 85.2. The van der Waals surface area contributed by atoms with Gasteiger partial charge in [0.2, 0.25) is 0 Å². The highest BCUT2D eigenvalue weighted by molar-refractivity contribution is 5.86. The molecule has 12 aromatic rings. The molecule has 0 bridgehead atoms. The Hall–Kier alpha value is -8.84. The summed E-state index contributed by atoms with van der Waals surface area (Å²) in [5.74, 6) is 3.54. The van der Waals surface area contributed by atoms with Crippen molar-refractivity contribution in [1.82, 2.24) is 0 Å². The fourth-order valence-electron chi connectivity index (χ4n) is 10.7. The summed E-state index contributed by atoms with van der Waals surface area (Å²) in [5.41, 5.74) is 19.0. The summed E-state index contributed by atoms with van der Waals surface area (Å²) in [7, 11) is 0. The van der Waals surface area contributed by atoms with Crippen LogP contribution in [0.25, 0.3) is 66.1 Å². The predicted octanol–water partition coefficient (Wildman–Crippen LogP) is 38.8. The summed E-state index contributed by atoms with van der Waals surface area (Å²) in [5, 5.41) is 5.40. The summed E-state index contributed by atoms with van der Waals surface area (Å²) in [6.07, 6.45) is 0. The molecule has 0 heteroatoms. The van der Waals surface area contributed by atoms with Gasteiger partial charge in [0.1, 0.15) is 0 Å². The van der Waals surface area contributed by atoms with Crippen LogP contribution in [0.15, 0.2) is 303 Å². The Balaban J connectivity index is -0.000000223. The van der Waals surface area contributed by atoms with Gasteiger partial charge in [-0.2, -0.15) is 0 Å². The van der Waals surface area contributed by atoms with Crippen molar-refractivity contribution >= 4 is 21.5 Å². The van der Waals surface area contributed by atoms with Crippen molar-refractivity contribution in [2.24, 2.45) is 0 Å². The van der Waals surface area contributed by atoms with Crippen LogP contribution in [-0.2, 0) is 0 Å². The first kappa shape index (κ1) is 115. The Kier molecular flexibility index (Phi) is 82.4. The molecule has 12 aromatic carbocycles. The van der Waals surface area contributed by atoms with Crippen molar-refractivity contribution in [3.8, 4) is 44.5 Å². The van der Waals surface area contributed by atoms with E-state index in [2.05, 4.69) is 374 Å². The molecule has 0 saturated carbocycles. The van der Waals surface area contributed by atoms with Crippen LogP contribution >= 0.6 is 0 Å². The second kappa shape index (κ2) is 79.3. The molecular formula is C111H168. The molecular weight excluding hydrogens is 1330 g/mol. The lowest BCUT2D eigenvalue weighted by atomic mass is 9.86. The molecule has 0 aliphatic carbocycles. The lowest BCUT2D eigenvalue weighted by Crippen LogP contribution is -1.96. The van der Waals surface area contributed by atoms with Gasteiger partial charge in [-0.05, 0) is 135 Å². The third kappa shape index (κ3) is 45.9. The minimum Gasteiger partial charge on any atom is -0.0776 e. The average Bonchev–Trinajstić information content (AvgIpc) is 0.796. The molecule has 0 saturated heterocycles. The fourth-order valence-corrected chi connectivity index (χ4v) is 10.7. The molecule has 0 fully saturated rings. The Bertz CT molecular complexity index is 3760. The maximum absolute atomic E-state index is 2.28. The van der Waals surface area contributed by atoms with Crippen molar-refractivity contribution < 1.29 is 0 Å². The van der Waals surface area contributed by atoms with Crippen LogP contribution in [0.2, 0.25) is 0 Å². The number of hydrogen-bond acceptors (Lipinski definition) is 0. The van der Waals surface area contributed by atoms with Gasteiger partial charge in [0, 0.05) is 0 Å². The molecule has 0 aliphatic heterocycles. The van der Waals surface area contributed by atoms with Gasteiger partial charge in [0.25, 0.3) is 0 Å². The van der Waals surface area contributed by atoms with Crippen molar-refractivity contribution in [2.45, 2.75) is 292 Å². The maximum Gasteiger partial charge on any atom is -0.0143 e. The van der Waals surface area contributed by atoms with E-state index in [0.29, 0.717) is 35.5 Å². The number of rotatable bonds is 10. The lowest BCUT2D eigenvalue weighted by molar-refractivity contribution is 0.867. The van der Waals surface area contributed by atoms with Crippen molar-refractivity contribution in [3.63, 3.8) is 0 Å². The van der Waals surface area contributed by atoms with Gasteiger partial charge in [-0.1, -0.05) is 560 Å². The summed E-state index contributed by atoms with van der Waals surface area (Å²) in [6.45, 7) is 74.8. The van der Waals surface area contributed by atoms with Gasteiger partial charge < -0.3 is 0 Å². The second-order valence-electron chi connectivity index (χ2n) is 24.0. The lowest BCUT2D eigenvalue weighted by Gasteiger charge is -2.18. The molecule has 0 aliphatic rings. The van der Waals surface area contributed by atoms with E-state index in [1.165, 1.54) is 99.4 Å². The monoisotopic (exact) mass is 1500 g/mol. The highest BCUT2D eigenvalue weighted by atomic mass is 14.2. The standard InChI is InChI=1S/C21H20.2C15H16.2C13H14.C9H12.12C2H6.CH4/c1-16(2)21-19(17-10-5-3-6-11-17)14-9-15-20(21)18-12-7-4-8-13-18;1-12(2)14-10-6-7-11-15(14)13-8-4-3-5-9-13;1-12(2)13-8-10-15(11-9-13)14-6-4-3-5-7-14;1-10(2)12-9-5-7-11-6-3-4-8-13(11)12;1-10(2)12-8-7-11-5-3-4-6-13(11)9-12;1-8(2)9-6-4-3-5-7-9;12*1-2;/h3-16H,1-2H3;2*3-12H,1-2H3;2*3-10H,1-2H3;3-8H,1-2H3;12*1-2H3;1H4. The normalized spacial score (nSPS) is 8.95. The fraction of sp³-hybridized carbons (Fsp3) is 0.387. The zero-order valence-electron chi connectivity index (χ0n) is 77.3. The third-order valence-electron chi connectivity index (χ3n) is 15.6. The number of fused-ring (bicyclic) bond motifs is 2. The molecule has 0 aromatic heterocycles. The average molecular weight is 1500 g/mol. The molecule has 111 heavy (non-hydrogen) atoms. The van der Waals surface area contributed by atoms with E-state index >= 15 is 0 Å². The van der Waals surface area contributed by atoms with E-state index in [9.17, 15) is 0 Å². The van der Waals surface area contributed by atoms with Crippen molar-refractivity contribution in [2.75, 3.05) is 0 Å². The summed E-state index contributed by atoms with van der Waals surface area (Å²) in [4.78, 5) is 0. The van der Waals surface area contributed by atoms with Crippen molar-refractivity contribution in [3.05, 3.63) is 337 Å². The molecule has 12 rings (SSSR count). The molecule has 0 heterocycles. The van der Waals surface area contributed by atoms with Gasteiger partial charge in [-0.15, -0.1) is 0 Å². The van der Waals surface area contributed by atoms with E-state index in [1.54, 1.807) is 0 Å². The first-order valence-electron chi connectivity index (χ1n) is 43.2. The minimum atomic E-state index is 0. The number of hydrogen-bond donors (Lipinski definition) is 0. The van der Waals surface area contributed by atoms with E-state index in [4.69, 9.17) is 0 Å². The maximum atomic E-state index is 2.28. The SMILES string of the molecule is C.CC.CC.CC.CC.CC.CC.CC.CC.CC.CC.CC.CC.CC(C)c1c(-c2ccccc2)cccc1-c1ccccc1.CC(C)c1ccc(-c2ccccc2)cc1.CC(C)c1ccc2ccccc2c1.CC(C)c1cccc2ccccc12.CC(C)c1ccccc1.CC(C)c1ccccc1-c1ccccc1. The largest absolute Gasteiger partial charge is 0.0776 e. The molecule has 0 radical (unpaired) electrons. The van der Waals surface area contributed by atoms with Crippen LogP contribution in [0.1, 0.15) is 326 Å². The Morgan fingerprint density at radius 1 is 0.162 bits per heavy atom. The van der Waals surface area contributed by atoms with Gasteiger partial charge in [0.05, 0.1) is 0 Å². The molecule has 0 unspecified atom stereocenters. The van der Waals surface area contributed by atoms with Crippen LogP contribution in [0.4, 0.5) is 0 Å². The van der Waals surface area contributed by atoms with E-state index in [1.807, 2.05) is 178 Å². The quantitative estimate of drug-likeness (QED) is 0.128.